The quantitative estimate of drug-likeness (QED) is 0.593. The van der Waals surface area contributed by atoms with Gasteiger partial charge in [0.15, 0.2) is 12.7 Å². The van der Waals surface area contributed by atoms with Crippen LogP contribution in [0.5, 0.6) is 5.75 Å². The Hall–Kier alpha value is -2.55. The predicted octanol–water partition coefficient (Wildman–Crippen LogP) is 1.03. The number of hydrogen-bond donors (Lipinski definition) is 1. The van der Waals surface area contributed by atoms with Crippen molar-refractivity contribution in [3.05, 3.63) is 30.3 Å². The fourth-order valence-corrected chi connectivity index (χ4v) is 1.31. The van der Waals surface area contributed by atoms with Crippen LogP contribution in [-0.2, 0) is 14.3 Å². The van der Waals surface area contributed by atoms with E-state index in [1.807, 2.05) is 12.1 Å². The van der Waals surface area contributed by atoms with E-state index in [1.165, 1.54) is 0 Å². The second-order valence-corrected chi connectivity index (χ2v) is 3.94. The number of benzene rings is 1. The van der Waals surface area contributed by atoms with Crippen molar-refractivity contribution in [2.24, 2.45) is 0 Å². The van der Waals surface area contributed by atoms with Crippen LogP contribution in [0.1, 0.15) is 13.3 Å². The molecule has 1 N–H and O–H groups in total. The van der Waals surface area contributed by atoms with Gasteiger partial charge < -0.3 is 14.8 Å². The number of rotatable bonds is 7. The van der Waals surface area contributed by atoms with Gasteiger partial charge in [-0.25, -0.2) is 4.79 Å². The first-order chi connectivity index (χ1) is 9.63. The van der Waals surface area contributed by atoms with E-state index in [0.29, 0.717) is 5.75 Å². The first-order valence-electron chi connectivity index (χ1n) is 6.15. The molecule has 6 heteroatoms. The third-order valence-electron chi connectivity index (χ3n) is 2.29. The minimum Gasteiger partial charge on any atom is -0.479 e. The van der Waals surface area contributed by atoms with Crippen molar-refractivity contribution in [3.63, 3.8) is 0 Å². The van der Waals surface area contributed by atoms with Crippen LogP contribution in [-0.4, -0.2) is 31.1 Å². The summed E-state index contributed by atoms with van der Waals surface area (Å²) in [7, 11) is 0. The van der Waals surface area contributed by atoms with E-state index in [2.05, 4.69) is 5.32 Å². The maximum absolute atomic E-state index is 11.6. The molecular weight excluding hydrogens is 260 g/mol. The number of nitrogens with zero attached hydrogens (tertiary/aromatic N) is 1. The molecule has 0 fully saturated rings. The van der Waals surface area contributed by atoms with Gasteiger partial charge in [-0.1, -0.05) is 18.2 Å². The van der Waals surface area contributed by atoms with E-state index in [0.717, 1.165) is 0 Å². The van der Waals surface area contributed by atoms with Crippen molar-refractivity contribution in [1.82, 2.24) is 5.32 Å². The highest BCUT2D eigenvalue weighted by molar-refractivity contribution is 5.81. The summed E-state index contributed by atoms with van der Waals surface area (Å²) in [5, 5.41) is 10.8. The lowest BCUT2D eigenvalue weighted by Crippen LogP contribution is -2.33. The molecule has 1 amide bonds. The van der Waals surface area contributed by atoms with Crippen LogP contribution in [0, 0.1) is 11.3 Å². The smallest absolute Gasteiger partial charge is 0.347 e. The molecule has 0 heterocycles. The number of amides is 1. The topological polar surface area (TPSA) is 88.4 Å². The van der Waals surface area contributed by atoms with Crippen molar-refractivity contribution in [2.75, 3.05) is 13.2 Å². The highest BCUT2D eigenvalue weighted by Gasteiger charge is 2.17. The molecule has 6 nitrogen and oxygen atoms in total. The summed E-state index contributed by atoms with van der Waals surface area (Å²) in [6.07, 6.45) is -0.586. The van der Waals surface area contributed by atoms with Crippen LogP contribution in [0.2, 0.25) is 0 Å². The predicted molar refractivity (Wildman–Crippen MR) is 70.7 cm³/mol. The fraction of sp³-hybridized carbons (Fsp3) is 0.357. The third kappa shape index (κ3) is 5.87. The molecule has 0 unspecified atom stereocenters. The second-order valence-electron chi connectivity index (χ2n) is 3.94. The molecule has 20 heavy (non-hydrogen) atoms. The highest BCUT2D eigenvalue weighted by atomic mass is 16.6. The molecule has 0 radical (unpaired) electrons. The van der Waals surface area contributed by atoms with Crippen molar-refractivity contribution < 1.29 is 19.1 Å². The minimum absolute atomic E-state index is 0.215. The molecule has 0 aliphatic carbocycles. The summed E-state index contributed by atoms with van der Waals surface area (Å²) in [6.45, 7) is 1.40. The highest BCUT2D eigenvalue weighted by Crippen LogP contribution is 2.11. The Morgan fingerprint density at radius 1 is 1.35 bits per heavy atom. The number of carbonyl (C=O) groups is 2. The largest absolute Gasteiger partial charge is 0.479 e. The Labute approximate surface area is 117 Å². The van der Waals surface area contributed by atoms with Crippen LogP contribution in [0.25, 0.3) is 0 Å². The molecule has 0 aliphatic rings. The molecule has 1 aromatic rings. The summed E-state index contributed by atoms with van der Waals surface area (Å²) in [4.78, 5) is 22.9. The number of ether oxygens (including phenoxy) is 2. The second kappa shape index (κ2) is 8.53. The van der Waals surface area contributed by atoms with Crippen LogP contribution in [0.3, 0.4) is 0 Å². The first-order valence-corrected chi connectivity index (χ1v) is 6.15. The standard InChI is InChI=1S/C14H16N2O4/c1-11(20-12-6-3-2-4-7-12)14(18)19-10-13(17)16-9-5-8-15/h2-4,6-7,11H,5,9-10H2,1H3,(H,16,17)/t11-/m1/s1. The van der Waals surface area contributed by atoms with Crippen LogP contribution in [0.4, 0.5) is 0 Å². The van der Waals surface area contributed by atoms with Gasteiger partial charge in [-0.2, -0.15) is 5.26 Å². The van der Waals surface area contributed by atoms with E-state index in [4.69, 9.17) is 14.7 Å². The number of nitriles is 1. The average molecular weight is 276 g/mol. The fourth-order valence-electron chi connectivity index (χ4n) is 1.31. The molecule has 1 aromatic carbocycles. The van der Waals surface area contributed by atoms with Gasteiger partial charge in [0.25, 0.3) is 5.91 Å². The van der Waals surface area contributed by atoms with Gasteiger partial charge in [0.05, 0.1) is 12.5 Å². The molecule has 0 aromatic heterocycles. The van der Waals surface area contributed by atoms with Crippen molar-refractivity contribution >= 4 is 11.9 Å². The lowest BCUT2D eigenvalue weighted by Gasteiger charge is -2.13. The molecule has 1 rings (SSSR count). The first kappa shape index (κ1) is 15.5. The Bertz CT molecular complexity index is 482. The molecule has 0 saturated carbocycles. The summed E-state index contributed by atoms with van der Waals surface area (Å²) in [5.41, 5.74) is 0. The van der Waals surface area contributed by atoms with Gasteiger partial charge in [-0.3, -0.25) is 4.79 Å². The average Bonchev–Trinajstić information content (AvgIpc) is 2.46. The van der Waals surface area contributed by atoms with Crippen molar-refractivity contribution in [2.45, 2.75) is 19.4 Å². The van der Waals surface area contributed by atoms with Crippen LogP contribution >= 0.6 is 0 Å². The van der Waals surface area contributed by atoms with Crippen molar-refractivity contribution in [1.29, 1.82) is 5.26 Å². The number of carbonyl (C=O) groups excluding carboxylic acids is 2. The summed E-state index contributed by atoms with van der Waals surface area (Å²) < 4.78 is 10.2. The van der Waals surface area contributed by atoms with Gasteiger partial charge in [0.1, 0.15) is 5.75 Å². The maximum atomic E-state index is 11.6. The zero-order chi connectivity index (χ0) is 14.8. The van der Waals surface area contributed by atoms with E-state index in [1.54, 1.807) is 31.2 Å². The number of para-hydroxylation sites is 1. The van der Waals surface area contributed by atoms with Gasteiger partial charge in [0, 0.05) is 6.54 Å². The van der Waals surface area contributed by atoms with E-state index in [-0.39, 0.29) is 19.6 Å². The SMILES string of the molecule is C[C@@H](Oc1ccccc1)C(=O)OCC(=O)NCCC#N. The van der Waals surface area contributed by atoms with Crippen molar-refractivity contribution in [3.8, 4) is 11.8 Å². The lowest BCUT2D eigenvalue weighted by atomic mass is 10.3. The Kier molecular flexibility index (Phi) is 6.62. The van der Waals surface area contributed by atoms with Gasteiger partial charge in [-0.05, 0) is 19.1 Å². The zero-order valence-electron chi connectivity index (χ0n) is 11.2. The number of hydrogen-bond acceptors (Lipinski definition) is 5. The molecular formula is C14H16N2O4. The molecule has 0 saturated heterocycles. The Morgan fingerprint density at radius 2 is 2.05 bits per heavy atom. The maximum Gasteiger partial charge on any atom is 0.347 e. The molecule has 0 bridgehead atoms. The van der Waals surface area contributed by atoms with E-state index in [9.17, 15) is 9.59 Å². The van der Waals surface area contributed by atoms with Crippen LogP contribution in [0.15, 0.2) is 30.3 Å². The molecule has 106 valence electrons. The number of esters is 1. The monoisotopic (exact) mass is 276 g/mol. The third-order valence-corrected chi connectivity index (χ3v) is 2.29. The Balaban J connectivity index is 2.28. The molecule has 1 atom stereocenters. The van der Waals surface area contributed by atoms with Gasteiger partial charge in [0.2, 0.25) is 0 Å². The normalized spacial score (nSPS) is 11.0. The number of nitrogens with one attached hydrogen (secondary N) is 1. The van der Waals surface area contributed by atoms with Gasteiger partial charge >= 0.3 is 5.97 Å². The molecule has 0 spiro atoms. The van der Waals surface area contributed by atoms with E-state index < -0.39 is 18.0 Å². The lowest BCUT2D eigenvalue weighted by molar-refractivity contribution is -0.154. The van der Waals surface area contributed by atoms with Crippen LogP contribution < -0.4 is 10.1 Å². The molecule has 0 aliphatic heterocycles. The summed E-state index contributed by atoms with van der Waals surface area (Å²) in [6, 6.07) is 10.7. The summed E-state index contributed by atoms with van der Waals surface area (Å²) >= 11 is 0. The van der Waals surface area contributed by atoms with Gasteiger partial charge in [-0.15, -0.1) is 0 Å². The zero-order valence-corrected chi connectivity index (χ0v) is 11.2. The minimum atomic E-state index is -0.802. The van der Waals surface area contributed by atoms with E-state index >= 15 is 0 Å². The summed E-state index contributed by atoms with van der Waals surface area (Å²) in [5.74, 6) is -0.514. The Morgan fingerprint density at radius 3 is 2.70 bits per heavy atom.